The van der Waals surface area contributed by atoms with E-state index >= 15 is 0 Å². The Morgan fingerprint density at radius 3 is 2.88 bits per heavy atom. The second-order valence-corrected chi connectivity index (χ2v) is 8.51. The number of hydroxylamine groups is 2. The summed E-state index contributed by atoms with van der Waals surface area (Å²) in [5.41, 5.74) is 2.26. The zero-order valence-electron chi connectivity index (χ0n) is 17.5. The van der Waals surface area contributed by atoms with E-state index in [4.69, 9.17) is 4.84 Å². The molecular formula is C20H22BrFN6O4. The maximum absolute atomic E-state index is 13.5. The molecule has 0 saturated carbocycles. The van der Waals surface area contributed by atoms with Gasteiger partial charge in [0, 0.05) is 44.7 Å². The summed E-state index contributed by atoms with van der Waals surface area (Å²) in [5, 5.41) is 11.2. The number of hydrogen-bond acceptors (Lipinski definition) is 5. The molecule has 0 radical (unpaired) electrons. The fourth-order valence-electron chi connectivity index (χ4n) is 3.75. The van der Waals surface area contributed by atoms with Crippen molar-refractivity contribution in [2.24, 2.45) is 0 Å². The van der Waals surface area contributed by atoms with Crippen molar-refractivity contribution in [3.63, 3.8) is 0 Å². The Labute approximate surface area is 191 Å². The molecule has 0 saturated heterocycles. The van der Waals surface area contributed by atoms with Crippen molar-refractivity contribution in [2.75, 3.05) is 25.5 Å². The zero-order chi connectivity index (χ0) is 23.0. The largest absolute Gasteiger partial charge is 0.354 e. The number of carbonyl (C=O) groups excluding carboxylic acids is 3. The minimum Gasteiger partial charge on any atom is -0.354 e. The molecule has 0 unspecified atom stereocenters. The molecule has 170 valence electrons. The second-order valence-electron chi connectivity index (χ2n) is 7.65. The van der Waals surface area contributed by atoms with E-state index in [1.807, 2.05) is 0 Å². The number of hydrogen-bond donors (Lipinski definition) is 2. The number of aromatic nitrogens is 2. The maximum Gasteiger partial charge on any atom is 0.322 e. The molecule has 2 N–H and O–H groups in total. The minimum absolute atomic E-state index is 0.193. The van der Waals surface area contributed by atoms with Crippen LogP contribution in [0.4, 0.5) is 14.9 Å². The van der Waals surface area contributed by atoms with Gasteiger partial charge in [-0.1, -0.05) is 0 Å². The standard InChI is InChI=1S/C20H22BrFN6O4/c1-11(29)23-8-13-9-28-18(19(30)26(2)32-13)14-10-27(6-5-17(14)25-28)20(31)24-12-3-4-16(22)15(21)7-12/h3-4,7,13H,5-6,8-10H2,1-2H3,(H,23,29)(H,24,31)/t13-/m0/s1. The highest BCUT2D eigenvalue weighted by Crippen LogP contribution is 2.27. The van der Waals surface area contributed by atoms with E-state index in [9.17, 15) is 18.8 Å². The Kier molecular flexibility index (Phi) is 6.15. The summed E-state index contributed by atoms with van der Waals surface area (Å²) in [5.74, 6) is -0.981. The van der Waals surface area contributed by atoms with Gasteiger partial charge in [-0.15, -0.1) is 0 Å². The average molecular weight is 509 g/mol. The predicted molar refractivity (Wildman–Crippen MR) is 115 cm³/mol. The van der Waals surface area contributed by atoms with Gasteiger partial charge in [0.05, 0.1) is 23.3 Å². The van der Waals surface area contributed by atoms with Gasteiger partial charge in [-0.2, -0.15) is 5.10 Å². The molecule has 10 nitrogen and oxygen atoms in total. The normalized spacial score (nSPS) is 18.0. The van der Waals surface area contributed by atoms with Gasteiger partial charge in [-0.05, 0) is 34.1 Å². The molecule has 1 aromatic carbocycles. The molecule has 0 spiro atoms. The Morgan fingerprint density at radius 1 is 1.38 bits per heavy atom. The van der Waals surface area contributed by atoms with Gasteiger partial charge >= 0.3 is 6.03 Å². The first-order chi connectivity index (χ1) is 15.2. The molecule has 1 atom stereocenters. The molecule has 2 aromatic rings. The van der Waals surface area contributed by atoms with Gasteiger partial charge in [0.15, 0.2) is 0 Å². The number of halogens is 2. The smallest absolute Gasteiger partial charge is 0.322 e. The van der Waals surface area contributed by atoms with Crippen LogP contribution < -0.4 is 10.6 Å². The van der Waals surface area contributed by atoms with Crippen LogP contribution >= 0.6 is 15.9 Å². The molecule has 2 aliphatic rings. The third-order valence-electron chi connectivity index (χ3n) is 5.31. The van der Waals surface area contributed by atoms with E-state index < -0.39 is 11.9 Å². The zero-order valence-corrected chi connectivity index (χ0v) is 19.1. The third kappa shape index (κ3) is 4.46. The lowest BCUT2D eigenvalue weighted by atomic mass is 10.1. The molecular weight excluding hydrogens is 487 g/mol. The molecule has 0 fully saturated rings. The molecule has 12 heteroatoms. The lowest BCUT2D eigenvalue weighted by Crippen LogP contribution is -2.40. The van der Waals surface area contributed by atoms with Gasteiger partial charge in [0.1, 0.15) is 17.6 Å². The number of benzene rings is 1. The number of amides is 4. The highest BCUT2D eigenvalue weighted by atomic mass is 79.9. The quantitative estimate of drug-likeness (QED) is 0.657. The topological polar surface area (TPSA) is 109 Å². The van der Waals surface area contributed by atoms with Crippen LogP contribution in [0.15, 0.2) is 22.7 Å². The minimum atomic E-state index is -0.466. The van der Waals surface area contributed by atoms with Crippen molar-refractivity contribution in [3.8, 4) is 0 Å². The van der Waals surface area contributed by atoms with Crippen LogP contribution in [0.3, 0.4) is 0 Å². The van der Waals surface area contributed by atoms with E-state index in [-0.39, 0.29) is 42.0 Å². The molecule has 4 amide bonds. The van der Waals surface area contributed by atoms with E-state index in [0.29, 0.717) is 29.9 Å². The number of urea groups is 1. The molecule has 2 aliphatic heterocycles. The molecule has 0 aliphatic carbocycles. The van der Waals surface area contributed by atoms with Crippen molar-refractivity contribution in [3.05, 3.63) is 45.4 Å². The SMILES string of the molecule is CC(=O)NC[C@H]1Cn2nc3c(c2C(=O)N(C)O1)CN(C(=O)Nc1ccc(F)c(Br)c1)CC3. The Hall–Kier alpha value is -2.99. The first-order valence-corrected chi connectivity index (χ1v) is 10.8. The maximum atomic E-state index is 13.5. The summed E-state index contributed by atoms with van der Waals surface area (Å²) >= 11 is 3.10. The number of fused-ring (bicyclic) bond motifs is 3. The number of nitrogens with zero attached hydrogens (tertiary/aromatic N) is 4. The Bertz CT molecular complexity index is 1090. The molecule has 3 heterocycles. The van der Waals surface area contributed by atoms with Crippen LogP contribution in [-0.2, 0) is 29.1 Å². The molecule has 32 heavy (non-hydrogen) atoms. The molecule has 0 bridgehead atoms. The molecule has 4 rings (SSSR count). The van der Waals surface area contributed by atoms with E-state index in [2.05, 4.69) is 31.7 Å². The van der Waals surface area contributed by atoms with Crippen LogP contribution in [0.2, 0.25) is 0 Å². The van der Waals surface area contributed by atoms with E-state index in [1.54, 1.807) is 9.58 Å². The summed E-state index contributed by atoms with van der Waals surface area (Å²) in [7, 11) is 1.51. The van der Waals surface area contributed by atoms with Crippen LogP contribution in [-0.4, -0.2) is 63.8 Å². The summed E-state index contributed by atoms with van der Waals surface area (Å²) in [6.07, 6.45) is 0.0242. The van der Waals surface area contributed by atoms with E-state index in [1.165, 1.54) is 32.2 Å². The van der Waals surface area contributed by atoms with Gasteiger partial charge < -0.3 is 15.5 Å². The Morgan fingerprint density at radius 2 is 2.16 bits per heavy atom. The highest BCUT2D eigenvalue weighted by molar-refractivity contribution is 9.10. The van der Waals surface area contributed by atoms with Crippen LogP contribution in [0.25, 0.3) is 0 Å². The van der Waals surface area contributed by atoms with Crippen LogP contribution in [0.5, 0.6) is 0 Å². The number of carbonyl (C=O) groups is 3. The van der Waals surface area contributed by atoms with Crippen LogP contribution in [0.1, 0.15) is 28.7 Å². The fraction of sp³-hybridized carbons (Fsp3) is 0.400. The van der Waals surface area contributed by atoms with Gasteiger partial charge in [0.2, 0.25) is 5.91 Å². The summed E-state index contributed by atoms with van der Waals surface area (Å²) in [6, 6.07) is 3.87. The third-order valence-corrected chi connectivity index (χ3v) is 5.92. The highest BCUT2D eigenvalue weighted by Gasteiger charge is 2.35. The predicted octanol–water partition coefficient (Wildman–Crippen LogP) is 1.90. The lowest BCUT2D eigenvalue weighted by Gasteiger charge is -2.27. The fourth-order valence-corrected chi connectivity index (χ4v) is 4.13. The molecule has 1 aromatic heterocycles. The number of nitrogens with one attached hydrogen (secondary N) is 2. The lowest BCUT2D eigenvalue weighted by molar-refractivity contribution is -0.148. The first kappa shape index (κ1) is 22.2. The van der Waals surface area contributed by atoms with Crippen molar-refractivity contribution < 1.29 is 23.6 Å². The van der Waals surface area contributed by atoms with Crippen molar-refractivity contribution in [1.29, 1.82) is 0 Å². The van der Waals surface area contributed by atoms with Gasteiger partial charge in [0.25, 0.3) is 5.91 Å². The first-order valence-electron chi connectivity index (χ1n) is 10.0. The average Bonchev–Trinajstić information content (AvgIpc) is 3.05. The van der Waals surface area contributed by atoms with Crippen molar-refractivity contribution >= 4 is 39.5 Å². The summed E-state index contributed by atoms with van der Waals surface area (Å²) in [4.78, 5) is 44.3. The number of rotatable bonds is 3. The summed E-state index contributed by atoms with van der Waals surface area (Å²) in [6.45, 7) is 2.56. The van der Waals surface area contributed by atoms with Crippen molar-refractivity contribution in [2.45, 2.75) is 32.5 Å². The van der Waals surface area contributed by atoms with Crippen molar-refractivity contribution in [1.82, 2.24) is 25.1 Å². The summed E-state index contributed by atoms with van der Waals surface area (Å²) < 4.78 is 15.3. The van der Waals surface area contributed by atoms with Gasteiger partial charge in [-0.25, -0.2) is 14.2 Å². The van der Waals surface area contributed by atoms with E-state index in [0.717, 1.165) is 10.8 Å². The second kappa shape index (κ2) is 8.87. The number of anilines is 1. The van der Waals surface area contributed by atoms with Crippen LogP contribution in [0, 0.1) is 5.82 Å². The van der Waals surface area contributed by atoms with Gasteiger partial charge in [-0.3, -0.25) is 19.1 Å². The Balaban J connectivity index is 1.53. The monoisotopic (exact) mass is 508 g/mol.